The van der Waals surface area contributed by atoms with E-state index in [-0.39, 0.29) is 11.8 Å². The highest BCUT2D eigenvalue weighted by molar-refractivity contribution is 5.97. The fourth-order valence-corrected chi connectivity index (χ4v) is 1.88. The minimum absolute atomic E-state index is 0.215. The third-order valence-corrected chi connectivity index (χ3v) is 2.95. The molecular formula is C14H17N3O4. The van der Waals surface area contributed by atoms with Crippen LogP contribution >= 0.6 is 0 Å². The van der Waals surface area contributed by atoms with Crippen LogP contribution in [0.2, 0.25) is 0 Å². The van der Waals surface area contributed by atoms with Crippen molar-refractivity contribution in [3.8, 4) is 0 Å². The zero-order valence-corrected chi connectivity index (χ0v) is 12.1. The first-order valence-corrected chi connectivity index (χ1v) is 6.47. The lowest BCUT2D eigenvalue weighted by atomic mass is 10.2. The summed E-state index contributed by atoms with van der Waals surface area (Å²) >= 11 is 0. The normalized spacial score (nSPS) is 12.0. The van der Waals surface area contributed by atoms with Crippen molar-refractivity contribution in [3.63, 3.8) is 0 Å². The second-order valence-corrected chi connectivity index (χ2v) is 4.83. The van der Waals surface area contributed by atoms with Crippen LogP contribution in [-0.4, -0.2) is 35.0 Å². The summed E-state index contributed by atoms with van der Waals surface area (Å²) in [7, 11) is 1.65. The van der Waals surface area contributed by atoms with E-state index in [1.807, 2.05) is 0 Å². The topological polar surface area (TPSA) is 88.6 Å². The molecule has 7 nitrogen and oxygen atoms in total. The van der Waals surface area contributed by atoms with E-state index in [2.05, 4.69) is 10.5 Å². The quantitative estimate of drug-likeness (QED) is 0.898. The first kappa shape index (κ1) is 14.8. The van der Waals surface area contributed by atoms with Gasteiger partial charge in [-0.3, -0.25) is 9.59 Å². The summed E-state index contributed by atoms with van der Waals surface area (Å²) in [6, 6.07) is 2.65. The lowest BCUT2D eigenvalue weighted by molar-refractivity contribution is -0.132. The zero-order valence-electron chi connectivity index (χ0n) is 12.1. The molecule has 0 bridgehead atoms. The van der Waals surface area contributed by atoms with Crippen molar-refractivity contribution in [1.82, 2.24) is 15.4 Å². The van der Waals surface area contributed by atoms with E-state index in [0.29, 0.717) is 23.6 Å². The van der Waals surface area contributed by atoms with Gasteiger partial charge in [-0.2, -0.15) is 0 Å². The van der Waals surface area contributed by atoms with E-state index in [4.69, 9.17) is 8.94 Å². The molecule has 1 N–H and O–H groups in total. The van der Waals surface area contributed by atoms with Crippen LogP contribution in [0.4, 0.5) is 0 Å². The van der Waals surface area contributed by atoms with Gasteiger partial charge in [-0.05, 0) is 19.9 Å². The van der Waals surface area contributed by atoms with Crippen LogP contribution in [0.3, 0.4) is 0 Å². The maximum atomic E-state index is 12.2. The van der Waals surface area contributed by atoms with Gasteiger partial charge in [-0.15, -0.1) is 0 Å². The highest BCUT2D eigenvalue weighted by Gasteiger charge is 2.21. The van der Waals surface area contributed by atoms with Crippen molar-refractivity contribution in [2.75, 3.05) is 7.05 Å². The molecule has 0 fully saturated rings. The van der Waals surface area contributed by atoms with Gasteiger partial charge in [0.15, 0.2) is 0 Å². The van der Waals surface area contributed by atoms with Crippen molar-refractivity contribution in [2.45, 2.75) is 26.4 Å². The van der Waals surface area contributed by atoms with Crippen LogP contribution in [0, 0.1) is 6.92 Å². The van der Waals surface area contributed by atoms with E-state index in [1.54, 1.807) is 27.0 Å². The Bertz CT molecular complexity index is 618. The molecular weight excluding hydrogens is 274 g/mol. The summed E-state index contributed by atoms with van der Waals surface area (Å²) in [6.07, 6.45) is 2.73. The van der Waals surface area contributed by atoms with E-state index in [0.717, 1.165) is 0 Å². The third kappa shape index (κ3) is 3.71. The van der Waals surface area contributed by atoms with Crippen LogP contribution < -0.4 is 5.32 Å². The molecule has 0 aliphatic rings. The largest absolute Gasteiger partial charge is 0.472 e. The molecule has 0 aliphatic carbocycles. The summed E-state index contributed by atoms with van der Waals surface area (Å²) in [5.41, 5.74) is 1.04. The van der Waals surface area contributed by atoms with Crippen LogP contribution in [0.25, 0.3) is 0 Å². The number of aromatic nitrogens is 1. The lowest BCUT2D eigenvalue weighted by Gasteiger charge is -2.20. The average Bonchev–Trinajstić information content (AvgIpc) is 3.09. The van der Waals surface area contributed by atoms with Crippen molar-refractivity contribution >= 4 is 11.8 Å². The molecule has 112 valence electrons. The number of carbonyl (C=O) groups excluding carboxylic acids is 2. The summed E-state index contributed by atoms with van der Waals surface area (Å²) in [6.45, 7) is 3.74. The maximum absolute atomic E-state index is 12.2. The van der Waals surface area contributed by atoms with Crippen LogP contribution in [-0.2, 0) is 11.3 Å². The second-order valence-electron chi connectivity index (χ2n) is 4.83. The molecule has 0 aliphatic heterocycles. The predicted molar refractivity (Wildman–Crippen MR) is 73.4 cm³/mol. The highest BCUT2D eigenvalue weighted by atomic mass is 16.5. The number of hydrogen-bond acceptors (Lipinski definition) is 5. The number of carbonyl (C=O) groups is 2. The molecule has 0 aromatic carbocycles. The fourth-order valence-electron chi connectivity index (χ4n) is 1.88. The number of amides is 2. The van der Waals surface area contributed by atoms with Gasteiger partial charge in [-0.1, -0.05) is 5.16 Å². The van der Waals surface area contributed by atoms with Crippen LogP contribution in [0.1, 0.15) is 28.7 Å². The average molecular weight is 291 g/mol. The molecule has 2 rings (SSSR count). The fraction of sp³-hybridized carbons (Fsp3) is 0.357. The molecule has 0 spiro atoms. The Hall–Kier alpha value is -2.57. The second kappa shape index (κ2) is 6.25. The lowest BCUT2D eigenvalue weighted by Crippen LogP contribution is -2.45. The molecule has 2 heterocycles. The zero-order chi connectivity index (χ0) is 15.4. The number of nitrogens with one attached hydrogen (secondary N) is 1. The molecule has 7 heteroatoms. The standard InChI is InChI=1S/C14H17N3O4/c1-9-6-12(16-21-9)7-17(3)14(19)10(2)15-13(18)11-4-5-20-8-11/h4-6,8,10H,7H2,1-3H3,(H,15,18)/t10-/m1/s1. The Balaban J connectivity index is 1.90. The Morgan fingerprint density at radius 2 is 2.24 bits per heavy atom. The van der Waals surface area contributed by atoms with Crippen LogP contribution in [0.15, 0.2) is 33.6 Å². The molecule has 2 aromatic rings. The molecule has 1 atom stereocenters. The van der Waals surface area contributed by atoms with E-state index in [9.17, 15) is 9.59 Å². The first-order valence-electron chi connectivity index (χ1n) is 6.47. The van der Waals surface area contributed by atoms with Gasteiger partial charge in [0, 0.05) is 13.1 Å². The molecule has 2 amide bonds. The molecule has 0 unspecified atom stereocenters. The number of likely N-dealkylation sites (N-methyl/N-ethyl adjacent to an activating group) is 1. The van der Waals surface area contributed by atoms with Crippen molar-refractivity contribution < 1.29 is 18.5 Å². The minimum Gasteiger partial charge on any atom is -0.472 e. The smallest absolute Gasteiger partial charge is 0.255 e. The van der Waals surface area contributed by atoms with Gasteiger partial charge in [0.2, 0.25) is 5.91 Å². The Morgan fingerprint density at radius 3 is 2.81 bits per heavy atom. The number of hydrogen-bond donors (Lipinski definition) is 1. The van der Waals surface area contributed by atoms with Gasteiger partial charge in [0.05, 0.1) is 18.4 Å². The number of nitrogens with zero attached hydrogens (tertiary/aromatic N) is 2. The Labute approximate surface area is 121 Å². The number of rotatable bonds is 5. The summed E-state index contributed by atoms with van der Waals surface area (Å²) in [5.74, 6) is 0.120. The van der Waals surface area contributed by atoms with Gasteiger partial charge in [0.1, 0.15) is 23.8 Å². The van der Waals surface area contributed by atoms with E-state index < -0.39 is 6.04 Å². The third-order valence-electron chi connectivity index (χ3n) is 2.95. The van der Waals surface area contributed by atoms with Crippen LogP contribution in [0.5, 0.6) is 0 Å². The number of aryl methyl sites for hydroxylation is 1. The van der Waals surface area contributed by atoms with Gasteiger partial charge < -0.3 is 19.2 Å². The molecule has 0 saturated carbocycles. The van der Waals surface area contributed by atoms with E-state index >= 15 is 0 Å². The van der Waals surface area contributed by atoms with Crippen molar-refractivity contribution in [1.29, 1.82) is 0 Å². The summed E-state index contributed by atoms with van der Waals surface area (Å²) in [5, 5.41) is 6.45. The molecule has 0 saturated heterocycles. The predicted octanol–water partition coefficient (Wildman–Crippen LogP) is 1.35. The molecule has 0 radical (unpaired) electrons. The van der Waals surface area contributed by atoms with Crippen molar-refractivity contribution in [2.24, 2.45) is 0 Å². The maximum Gasteiger partial charge on any atom is 0.255 e. The van der Waals surface area contributed by atoms with E-state index in [1.165, 1.54) is 23.5 Å². The van der Waals surface area contributed by atoms with Gasteiger partial charge in [-0.25, -0.2) is 0 Å². The number of furan rings is 1. The molecule has 2 aromatic heterocycles. The SMILES string of the molecule is Cc1cc(CN(C)C(=O)[C@@H](C)NC(=O)c2ccoc2)no1. The van der Waals surface area contributed by atoms with Gasteiger partial charge in [0.25, 0.3) is 5.91 Å². The monoisotopic (exact) mass is 291 g/mol. The Kier molecular flexibility index (Phi) is 4.42. The highest BCUT2D eigenvalue weighted by Crippen LogP contribution is 2.06. The van der Waals surface area contributed by atoms with Gasteiger partial charge >= 0.3 is 0 Å². The first-order chi connectivity index (χ1) is 9.97. The Morgan fingerprint density at radius 1 is 1.48 bits per heavy atom. The molecule has 21 heavy (non-hydrogen) atoms. The summed E-state index contributed by atoms with van der Waals surface area (Å²) < 4.78 is 9.78. The summed E-state index contributed by atoms with van der Waals surface area (Å²) in [4.78, 5) is 25.5. The van der Waals surface area contributed by atoms with Crippen molar-refractivity contribution in [3.05, 3.63) is 41.7 Å². The minimum atomic E-state index is -0.648.